The third-order valence-electron chi connectivity index (χ3n) is 3.54. The minimum absolute atomic E-state index is 0.0628. The molecule has 2 heterocycles. The van der Waals surface area contributed by atoms with E-state index >= 15 is 0 Å². The van der Waals surface area contributed by atoms with E-state index in [0.717, 1.165) is 12.1 Å². The van der Waals surface area contributed by atoms with Crippen molar-refractivity contribution in [1.82, 2.24) is 14.8 Å². The van der Waals surface area contributed by atoms with Crippen molar-refractivity contribution < 1.29 is 18.6 Å². The predicted molar refractivity (Wildman–Crippen MR) is 79.1 cm³/mol. The van der Waals surface area contributed by atoms with Crippen molar-refractivity contribution in [3.05, 3.63) is 45.8 Å². The van der Waals surface area contributed by atoms with Gasteiger partial charge in [-0.15, -0.1) is 0 Å². The number of nitrogens with one attached hydrogen (secondary N) is 1. The fourth-order valence-electron chi connectivity index (χ4n) is 2.53. The second-order valence-electron chi connectivity index (χ2n) is 5.00. The number of nitrogens with zero attached hydrogens (tertiary/aromatic N) is 2. The molecule has 0 saturated heterocycles. The fourth-order valence-corrected chi connectivity index (χ4v) is 2.53. The monoisotopic (exact) mass is 321 g/mol. The van der Waals surface area contributed by atoms with Crippen LogP contribution in [0.4, 0.5) is 8.78 Å². The van der Waals surface area contributed by atoms with Crippen LogP contribution >= 0.6 is 0 Å². The highest BCUT2D eigenvalue weighted by Gasteiger charge is 2.22. The summed E-state index contributed by atoms with van der Waals surface area (Å²) in [6, 6.07) is 3.28. The van der Waals surface area contributed by atoms with E-state index in [4.69, 9.17) is 4.74 Å². The number of benzene rings is 1. The van der Waals surface area contributed by atoms with Gasteiger partial charge in [-0.05, 0) is 12.1 Å². The number of rotatable bonds is 3. The maximum atomic E-state index is 14.0. The molecule has 0 saturated carbocycles. The highest BCUT2D eigenvalue weighted by molar-refractivity contribution is 5.84. The first kappa shape index (κ1) is 15.2. The van der Waals surface area contributed by atoms with Gasteiger partial charge in [-0.25, -0.2) is 8.78 Å². The van der Waals surface area contributed by atoms with Gasteiger partial charge in [0.2, 0.25) is 5.43 Å². The van der Waals surface area contributed by atoms with Crippen molar-refractivity contribution in [3.8, 4) is 17.0 Å². The quantitative estimate of drug-likeness (QED) is 0.774. The van der Waals surface area contributed by atoms with Crippen molar-refractivity contribution in [2.75, 3.05) is 7.11 Å². The van der Waals surface area contributed by atoms with E-state index in [1.807, 2.05) is 0 Å². The molecule has 0 fully saturated rings. The van der Waals surface area contributed by atoms with E-state index in [1.54, 1.807) is 7.05 Å². The van der Waals surface area contributed by atoms with E-state index in [9.17, 15) is 18.7 Å². The lowest BCUT2D eigenvalue weighted by Crippen LogP contribution is -2.08. The normalized spacial score (nSPS) is 11.3. The maximum absolute atomic E-state index is 14.0. The molecule has 23 heavy (non-hydrogen) atoms. The van der Waals surface area contributed by atoms with Gasteiger partial charge in [0.25, 0.3) is 0 Å². The number of pyridine rings is 1. The largest absolute Gasteiger partial charge is 0.503 e. The summed E-state index contributed by atoms with van der Waals surface area (Å²) in [6.07, 6.45) is 0. The lowest BCUT2D eigenvalue weighted by Gasteiger charge is -2.08. The summed E-state index contributed by atoms with van der Waals surface area (Å²) in [6.45, 7) is 0.0628. The summed E-state index contributed by atoms with van der Waals surface area (Å²) in [4.78, 5) is 15.1. The van der Waals surface area contributed by atoms with E-state index in [0.29, 0.717) is 5.69 Å². The molecule has 0 aliphatic rings. The van der Waals surface area contributed by atoms with Crippen molar-refractivity contribution in [3.63, 3.8) is 0 Å². The predicted octanol–water partition coefficient (Wildman–Crippen LogP) is 2.06. The molecule has 0 spiro atoms. The first-order chi connectivity index (χ1) is 11.0. The third-order valence-corrected chi connectivity index (χ3v) is 3.54. The number of hydrogen-bond donors (Lipinski definition) is 2. The standard InChI is InChI=1S/C15H13F2N3O3/c1-20-15-11(9(19-20)6-23-2)13(21)14(22)12(18-15)10-7(16)4-3-5-8(10)17/h3-5,22H,6H2,1-2H3,(H,18,21). The molecule has 2 aromatic heterocycles. The van der Waals surface area contributed by atoms with Crippen molar-refractivity contribution in [2.45, 2.75) is 6.61 Å². The smallest absolute Gasteiger partial charge is 0.235 e. The van der Waals surface area contributed by atoms with Gasteiger partial charge in [-0.2, -0.15) is 5.10 Å². The molecule has 2 N–H and O–H groups in total. The minimum atomic E-state index is -0.894. The molecule has 0 atom stereocenters. The zero-order valence-electron chi connectivity index (χ0n) is 12.4. The van der Waals surface area contributed by atoms with Crippen LogP contribution < -0.4 is 5.43 Å². The molecule has 3 rings (SSSR count). The first-order valence-electron chi connectivity index (χ1n) is 6.69. The number of halogens is 2. The van der Waals surface area contributed by atoms with Gasteiger partial charge in [0.15, 0.2) is 5.75 Å². The number of H-pyrrole nitrogens is 1. The maximum Gasteiger partial charge on any atom is 0.235 e. The Balaban J connectivity index is 2.39. The van der Waals surface area contributed by atoms with Gasteiger partial charge >= 0.3 is 0 Å². The molecule has 0 aliphatic carbocycles. The summed E-state index contributed by atoms with van der Waals surface area (Å²) < 4.78 is 34.2. The minimum Gasteiger partial charge on any atom is -0.503 e. The lowest BCUT2D eigenvalue weighted by atomic mass is 10.1. The number of aromatic nitrogens is 3. The van der Waals surface area contributed by atoms with Gasteiger partial charge in [-0.1, -0.05) is 6.07 Å². The molecule has 0 radical (unpaired) electrons. The Morgan fingerprint density at radius 1 is 1.35 bits per heavy atom. The molecule has 0 amide bonds. The van der Waals surface area contributed by atoms with Gasteiger partial charge in [0.1, 0.15) is 23.0 Å². The Morgan fingerprint density at radius 3 is 2.61 bits per heavy atom. The van der Waals surface area contributed by atoms with Crippen LogP contribution in [0.3, 0.4) is 0 Å². The van der Waals surface area contributed by atoms with Gasteiger partial charge in [0, 0.05) is 14.2 Å². The third kappa shape index (κ3) is 2.27. The second kappa shape index (κ2) is 5.47. The van der Waals surface area contributed by atoms with Gasteiger partial charge in [-0.3, -0.25) is 9.48 Å². The highest BCUT2D eigenvalue weighted by Crippen LogP contribution is 2.31. The van der Waals surface area contributed by atoms with E-state index in [2.05, 4.69) is 10.1 Å². The van der Waals surface area contributed by atoms with E-state index in [-0.39, 0.29) is 23.3 Å². The molecule has 6 nitrogen and oxygen atoms in total. The Morgan fingerprint density at radius 2 is 2.00 bits per heavy atom. The summed E-state index contributed by atoms with van der Waals surface area (Å²) >= 11 is 0. The molecular weight excluding hydrogens is 308 g/mol. The molecule has 0 unspecified atom stereocenters. The summed E-state index contributed by atoms with van der Waals surface area (Å²) in [7, 11) is 3.01. The first-order valence-corrected chi connectivity index (χ1v) is 6.69. The van der Waals surface area contributed by atoms with Crippen LogP contribution in [0.2, 0.25) is 0 Å². The average Bonchev–Trinajstić information content (AvgIpc) is 2.80. The highest BCUT2D eigenvalue weighted by atomic mass is 19.1. The summed E-state index contributed by atoms with van der Waals surface area (Å²) in [5.41, 5.74) is -1.04. The Labute approximate surface area is 128 Å². The lowest BCUT2D eigenvalue weighted by molar-refractivity contribution is 0.182. The number of aryl methyl sites for hydroxylation is 1. The van der Waals surface area contributed by atoms with Crippen LogP contribution in [0.25, 0.3) is 22.3 Å². The molecular formula is C15H13F2N3O3. The van der Waals surface area contributed by atoms with Crippen molar-refractivity contribution in [1.29, 1.82) is 0 Å². The number of aromatic hydroxyl groups is 1. The van der Waals surface area contributed by atoms with Crippen molar-refractivity contribution >= 4 is 11.0 Å². The molecule has 3 aromatic rings. The number of fused-ring (bicyclic) bond motifs is 1. The van der Waals surface area contributed by atoms with E-state index < -0.39 is 28.4 Å². The Kier molecular flexibility index (Phi) is 3.61. The van der Waals surface area contributed by atoms with E-state index in [1.165, 1.54) is 17.9 Å². The summed E-state index contributed by atoms with van der Waals surface area (Å²) in [5.74, 6) is -2.56. The molecule has 1 aromatic carbocycles. The van der Waals surface area contributed by atoms with Crippen molar-refractivity contribution in [2.24, 2.45) is 7.05 Å². The van der Waals surface area contributed by atoms with Crippen LogP contribution in [0.1, 0.15) is 5.69 Å². The topological polar surface area (TPSA) is 80.1 Å². The summed E-state index contributed by atoms with van der Waals surface area (Å²) in [5, 5.41) is 14.4. The second-order valence-corrected chi connectivity index (χ2v) is 5.00. The average molecular weight is 321 g/mol. The van der Waals surface area contributed by atoms with Crippen LogP contribution in [0, 0.1) is 11.6 Å². The zero-order valence-corrected chi connectivity index (χ0v) is 12.4. The van der Waals surface area contributed by atoms with Gasteiger partial charge in [0.05, 0.1) is 23.3 Å². The Bertz CT molecular complexity index is 942. The number of hydrogen-bond acceptors (Lipinski definition) is 4. The number of methoxy groups -OCH3 is 1. The van der Waals surface area contributed by atoms with Crippen LogP contribution in [0.15, 0.2) is 23.0 Å². The number of aromatic amines is 1. The van der Waals surface area contributed by atoms with Gasteiger partial charge < -0.3 is 14.8 Å². The SMILES string of the molecule is COCc1nn(C)c2[nH]c(-c3c(F)cccc3F)c(O)c(=O)c12. The van der Waals surface area contributed by atoms with Crippen LogP contribution in [0.5, 0.6) is 5.75 Å². The Hall–Kier alpha value is -2.74. The molecule has 0 bridgehead atoms. The zero-order chi connectivity index (χ0) is 16.7. The van der Waals surface area contributed by atoms with Crippen LogP contribution in [-0.4, -0.2) is 27.0 Å². The molecule has 0 aliphatic heterocycles. The van der Waals surface area contributed by atoms with Crippen LogP contribution in [-0.2, 0) is 18.4 Å². The number of ether oxygens (including phenoxy) is 1. The molecule has 8 heteroatoms. The fraction of sp³-hybridized carbons (Fsp3) is 0.200. The molecule has 120 valence electrons.